The van der Waals surface area contributed by atoms with Crippen LogP contribution in [0.15, 0.2) is 22.7 Å². The fourth-order valence-corrected chi connectivity index (χ4v) is 3.73. The van der Waals surface area contributed by atoms with Crippen molar-refractivity contribution in [2.24, 2.45) is 0 Å². The van der Waals surface area contributed by atoms with E-state index in [-0.39, 0.29) is 11.9 Å². The first kappa shape index (κ1) is 13.7. The van der Waals surface area contributed by atoms with Crippen LogP contribution in [0, 0.1) is 0 Å². The number of anilines is 1. The monoisotopic (exact) mass is 328 g/mol. The summed E-state index contributed by atoms with van der Waals surface area (Å²) < 4.78 is 0.845. The number of amides is 1. The zero-order valence-corrected chi connectivity index (χ0v) is 12.9. The van der Waals surface area contributed by atoms with Crippen molar-refractivity contribution in [3.63, 3.8) is 0 Å². The molecule has 1 fully saturated rings. The van der Waals surface area contributed by atoms with Crippen LogP contribution in [0.25, 0.3) is 0 Å². The Morgan fingerprint density at radius 3 is 2.83 bits per heavy atom. The van der Waals surface area contributed by atoms with E-state index in [1.807, 2.05) is 22.7 Å². The number of nitrogen functional groups attached to an aromatic ring is 1. The van der Waals surface area contributed by atoms with Gasteiger partial charge in [0.05, 0.1) is 0 Å². The number of nitrogens with two attached hydrogens (primary N) is 1. The maximum absolute atomic E-state index is 12.5. The molecule has 0 bridgehead atoms. The Hall–Kier alpha value is -0.680. The van der Waals surface area contributed by atoms with Crippen LogP contribution in [-0.2, 0) is 0 Å². The zero-order valence-electron chi connectivity index (χ0n) is 10.5. The normalized spacial score (nSPS) is 24.1. The molecule has 1 saturated heterocycles. The average Bonchev–Trinajstić information content (AvgIpc) is 2.30. The topological polar surface area (TPSA) is 46.3 Å². The highest BCUT2D eigenvalue weighted by Crippen LogP contribution is 2.26. The summed E-state index contributed by atoms with van der Waals surface area (Å²) in [7, 11) is 0. The summed E-state index contributed by atoms with van der Waals surface area (Å²) in [5.41, 5.74) is 7.05. The van der Waals surface area contributed by atoms with Gasteiger partial charge in [0, 0.05) is 39.3 Å². The van der Waals surface area contributed by atoms with E-state index >= 15 is 0 Å². The van der Waals surface area contributed by atoms with Crippen LogP contribution in [-0.4, -0.2) is 34.4 Å². The van der Waals surface area contributed by atoms with Gasteiger partial charge < -0.3 is 10.6 Å². The molecule has 1 aliphatic heterocycles. The molecule has 5 heteroatoms. The molecule has 98 valence electrons. The van der Waals surface area contributed by atoms with Crippen LogP contribution in [0.5, 0.6) is 0 Å². The van der Waals surface area contributed by atoms with Crippen molar-refractivity contribution in [2.75, 3.05) is 18.0 Å². The second-order valence-corrected chi connectivity index (χ2v) is 6.99. The first-order chi connectivity index (χ1) is 8.49. The van der Waals surface area contributed by atoms with Crippen molar-refractivity contribution in [3.8, 4) is 0 Å². The summed E-state index contributed by atoms with van der Waals surface area (Å²) in [6.07, 6.45) is 0. The average molecular weight is 329 g/mol. The summed E-state index contributed by atoms with van der Waals surface area (Å²) in [6, 6.07) is 5.63. The largest absolute Gasteiger partial charge is 0.399 e. The number of carbonyl (C=O) groups is 1. The van der Waals surface area contributed by atoms with Gasteiger partial charge in [-0.25, -0.2) is 0 Å². The quantitative estimate of drug-likeness (QED) is 0.806. The molecule has 2 N–H and O–H groups in total. The van der Waals surface area contributed by atoms with Gasteiger partial charge in [-0.1, -0.05) is 22.9 Å². The molecule has 1 aromatic carbocycles. The summed E-state index contributed by atoms with van der Waals surface area (Å²) in [6.45, 7) is 5.08. The SMILES string of the molecule is CC1SCCN(C(=O)c2cc(N)cc(Br)c2)C1C. The van der Waals surface area contributed by atoms with Gasteiger partial charge in [-0.2, -0.15) is 11.8 Å². The smallest absolute Gasteiger partial charge is 0.254 e. The number of hydrogen-bond donors (Lipinski definition) is 1. The van der Waals surface area contributed by atoms with Crippen molar-refractivity contribution in [1.82, 2.24) is 4.90 Å². The molecule has 0 aromatic heterocycles. The Morgan fingerprint density at radius 1 is 1.44 bits per heavy atom. The van der Waals surface area contributed by atoms with Crippen molar-refractivity contribution in [1.29, 1.82) is 0 Å². The molecule has 1 amide bonds. The molecule has 1 heterocycles. The van der Waals surface area contributed by atoms with Gasteiger partial charge in [-0.05, 0) is 25.1 Å². The lowest BCUT2D eigenvalue weighted by molar-refractivity contribution is 0.0698. The maximum atomic E-state index is 12.5. The third kappa shape index (κ3) is 2.83. The highest BCUT2D eigenvalue weighted by Gasteiger charge is 2.29. The lowest BCUT2D eigenvalue weighted by Crippen LogP contribution is -2.47. The minimum atomic E-state index is 0.0719. The number of thioether (sulfide) groups is 1. The van der Waals surface area contributed by atoms with Crippen LogP contribution in [0.4, 0.5) is 5.69 Å². The van der Waals surface area contributed by atoms with E-state index in [0.29, 0.717) is 16.5 Å². The Morgan fingerprint density at radius 2 is 2.17 bits per heavy atom. The molecule has 2 unspecified atom stereocenters. The molecule has 2 atom stereocenters. The Balaban J connectivity index is 2.24. The molecular weight excluding hydrogens is 312 g/mol. The lowest BCUT2D eigenvalue weighted by atomic mass is 10.1. The van der Waals surface area contributed by atoms with Crippen LogP contribution in [0.2, 0.25) is 0 Å². The lowest BCUT2D eigenvalue weighted by Gasteiger charge is -2.37. The first-order valence-corrected chi connectivity index (χ1v) is 7.82. The van der Waals surface area contributed by atoms with E-state index in [2.05, 4.69) is 29.8 Å². The predicted molar refractivity (Wildman–Crippen MR) is 81.0 cm³/mol. The van der Waals surface area contributed by atoms with Gasteiger partial charge in [0.15, 0.2) is 0 Å². The minimum Gasteiger partial charge on any atom is -0.399 e. The maximum Gasteiger partial charge on any atom is 0.254 e. The second-order valence-electron chi connectivity index (χ2n) is 4.59. The molecule has 2 rings (SSSR count). The zero-order chi connectivity index (χ0) is 13.3. The molecule has 0 aliphatic carbocycles. The molecule has 0 spiro atoms. The number of carbonyl (C=O) groups excluding carboxylic acids is 1. The third-order valence-electron chi connectivity index (χ3n) is 3.31. The Bertz CT molecular complexity index is 446. The van der Waals surface area contributed by atoms with Crippen molar-refractivity contribution in [2.45, 2.75) is 25.1 Å². The van der Waals surface area contributed by atoms with Gasteiger partial charge in [0.25, 0.3) is 5.91 Å². The first-order valence-electron chi connectivity index (χ1n) is 5.97. The molecule has 18 heavy (non-hydrogen) atoms. The predicted octanol–water partition coefficient (Wildman–Crippen LogP) is 3.00. The number of benzene rings is 1. The summed E-state index contributed by atoms with van der Waals surface area (Å²) in [4.78, 5) is 14.4. The Kier molecular flexibility index (Phi) is 4.22. The van der Waals surface area contributed by atoms with Gasteiger partial charge in [0.2, 0.25) is 0 Å². The third-order valence-corrected chi connectivity index (χ3v) is 5.11. The van der Waals surface area contributed by atoms with E-state index in [1.54, 1.807) is 12.1 Å². The van der Waals surface area contributed by atoms with E-state index in [4.69, 9.17) is 5.73 Å². The van der Waals surface area contributed by atoms with E-state index in [0.717, 1.165) is 16.8 Å². The number of nitrogens with zero attached hydrogens (tertiary/aromatic N) is 1. The molecule has 3 nitrogen and oxygen atoms in total. The van der Waals surface area contributed by atoms with Crippen LogP contribution in [0.1, 0.15) is 24.2 Å². The number of hydrogen-bond acceptors (Lipinski definition) is 3. The van der Waals surface area contributed by atoms with E-state index in [9.17, 15) is 4.79 Å². The molecule has 1 aromatic rings. The summed E-state index contributed by atoms with van der Waals surface area (Å²) in [5, 5.41) is 0.479. The number of halogens is 1. The van der Waals surface area contributed by atoms with Gasteiger partial charge in [-0.15, -0.1) is 0 Å². The molecular formula is C13H17BrN2OS. The van der Waals surface area contributed by atoms with Crippen LogP contribution >= 0.6 is 27.7 Å². The second kappa shape index (κ2) is 5.53. The standard InChI is InChI=1S/C13H17BrN2OS/c1-8-9(2)18-4-3-16(8)13(17)10-5-11(14)7-12(15)6-10/h5-9H,3-4,15H2,1-2H3. The number of rotatable bonds is 1. The van der Waals surface area contributed by atoms with Crippen molar-refractivity contribution >= 4 is 39.3 Å². The molecule has 1 aliphatic rings. The fraction of sp³-hybridized carbons (Fsp3) is 0.462. The minimum absolute atomic E-state index is 0.0719. The highest BCUT2D eigenvalue weighted by molar-refractivity contribution is 9.10. The Labute approximate surface area is 120 Å². The fourth-order valence-electron chi connectivity index (χ4n) is 2.12. The van der Waals surface area contributed by atoms with Gasteiger partial charge >= 0.3 is 0 Å². The molecule has 0 radical (unpaired) electrons. The van der Waals surface area contributed by atoms with Gasteiger partial charge in [-0.3, -0.25) is 4.79 Å². The van der Waals surface area contributed by atoms with Gasteiger partial charge in [0.1, 0.15) is 0 Å². The van der Waals surface area contributed by atoms with Crippen LogP contribution < -0.4 is 5.73 Å². The summed E-state index contributed by atoms with van der Waals surface area (Å²) >= 11 is 5.30. The highest BCUT2D eigenvalue weighted by atomic mass is 79.9. The molecule has 0 saturated carbocycles. The van der Waals surface area contributed by atoms with Crippen molar-refractivity contribution < 1.29 is 4.79 Å². The van der Waals surface area contributed by atoms with Crippen molar-refractivity contribution in [3.05, 3.63) is 28.2 Å². The van der Waals surface area contributed by atoms with Crippen LogP contribution in [0.3, 0.4) is 0 Å². The van der Waals surface area contributed by atoms with E-state index in [1.165, 1.54) is 0 Å². The summed E-state index contributed by atoms with van der Waals surface area (Å²) in [5.74, 6) is 1.07. The van der Waals surface area contributed by atoms with E-state index < -0.39 is 0 Å².